The van der Waals surface area contributed by atoms with Crippen molar-refractivity contribution in [1.29, 1.82) is 0 Å². The fourth-order valence-corrected chi connectivity index (χ4v) is 1.63. The van der Waals surface area contributed by atoms with Gasteiger partial charge in [0.2, 0.25) is 0 Å². The average Bonchev–Trinajstić information content (AvgIpc) is 2.26. The number of aryl methyl sites for hydroxylation is 1. The van der Waals surface area contributed by atoms with Crippen LogP contribution in [0.15, 0.2) is 24.3 Å². The lowest BCUT2D eigenvalue weighted by Gasteiger charge is -2.08. The Morgan fingerprint density at radius 1 is 1.27 bits per heavy atom. The molecule has 1 unspecified atom stereocenters. The summed E-state index contributed by atoms with van der Waals surface area (Å²) in [6, 6.07) is 8.70. The van der Waals surface area contributed by atoms with Gasteiger partial charge in [-0.25, -0.2) is 0 Å². The van der Waals surface area contributed by atoms with Crippen LogP contribution in [0.2, 0.25) is 0 Å². The molecule has 0 aliphatic heterocycles. The molecule has 0 amide bonds. The van der Waals surface area contributed by atoms with Crippen LogP contribution in [0.1, 0.15) is 30.9 Å². The number of benzene rings is 1. The summed E-state index contributed by atoms with van der Waals surface area (Å²) >= 11 is 3.63. The van der Waals surface area contributed by atoms with Crippen LogP contribution in [0.5, 0.6) is 0 Å². The first-order chi connectivity index (χ1) is 7.22. The van der Waals surface area contributed by atoms with Gasteiger partial charge in [-0.2, -0.15) is 0 Å². The molecule has 1 nitrogen and oxygen atoms in total. The van der Waals surface area contributed by atoms with Gasteiger partial charge in [-0.1, -0.05) is 52.7 Å². The van der Waals surface area contributed by atoms with E-state index in [4.69, 9.17) is 0 Å². The summed E-state index contributed by atoms with van der Waals surface area (Å²) in [7, 11) is 0. The minimum atomic E-state index is 0.656. The van der Waals surface area contributed by atoms with E-state index in [9.17, 15) is 0 Å². The molecule has 0 saturated carbocycles. The number of rotatable bonds is 6. The molecule has 0 heterocycles. The summed E-state index contributed by atoms with van der Waals surface area (Å²) in [4.78, 5) is 0.656. The standard InChI is InChI=1S/C13H20BrN/c1-3-13(14)8-9-15-10-12-6-4-11(2)5-7-12/h4-7,13,15H,3,8-10H2,1-2H3. The van der Waals surface area contributed by atoms with Gasteiger partial charge in [0.1, 0.15) is 0 Å². The maximum atomic E-state index is 3.63. The van der Waals surface area contributed by atoms with Gasteiger partial charge in [0.15, 0.2) is 0 Å². The van der Waals surface area contributed by atoms with E-state index in [0.29, 0.717) is 4.83 Å². The quantitative estimate of drug-likeness (QED) is 0.614. The van der Waals surface area contributed by atoms with Crippen molar-refractivity contribution >= 4 is 15.9 Å². The molecule has 84 valence electrons. The second-order valence-corrected chi connectivity index (χ2v) is 5.25. The molecule has 0 saturated heterocycles. The first-order valence-electron chi connectivity index (χ1n) is 5.62. The smallest absolute Gasteiger partial charge is 0.0205 e. The molecule has 0 aromatic heterocycles. The molecule has 15 heavy (non-hydrogen) atoms. The first kappa shape index (κ1) is 12.7. The third-order valence-corrected chi connectivity index (χ3v) is 3.63. The predicted molar refractivity (Wildman–Crippen MR) is 70.5 cm³/mol. The Labute approximate surface area is 101 Å². The first-order valence-corrected chi connectivity index (χ1v) is 6.54. The van der Waals surface area contributed by atoms with E-state index < -0.39 is 0 Å². The maximum Gasteiger partial charge on any atom is 0.0205 e. The van der Waals surface area contributed by atoms with Crippen LogP contribution >= 0.6 is 15.9 Å². The highest BCUT2D eigenvalue weighted by Gasteiger charge is 1.99. The van der Waals surface area contributed by atoms with Gasteiger partial charge in [-0.3, -0.25) is 0 Å². The van der Waals surface area contributed by atoms with Gasteiger partial charge in [0, 0.05) is 11.4 Å². The molecular weight excluding hydrogens is 250 g/mol. The van der Waals surface area contributed by atoms with Crippen molar-refractivity contribution in [3.8, 4) is 0 Å². The molecule has 1 rings (SSSR count). The van der Waals surface area contributed by atoms with Crippen LogP contribution in [-0.4, -0.2) is 11.4 Å². The van der Waals surface area contributed by atoms with Crippen LogP contribution in [0.3, 0.4) is 0 Å². The van der Waals surface area contributed by atoms with E-state index >= 15 is 0 Å². The van der Waals surface area contributed by atoms with Crippen LogP contribution in [-0.2, 0) is 6.54 Å². The second-order valence-electron chi connectivity index (χ2n) is 3.96. The highest BCUT2D eigenvalue weighted by molar-refractivity contribution is 9.09. The third kappa shape index (κ3) is 5.33. The van der Waals surface area contributed by atoms with E-state index in [2.05, 4.69) is 59.4 Å². The molecule has 1 atom stereocenters. The van der Waals surface area contributed by atoms with Gasteiger partial charge in [0.25, 0.3) is 0 Å². The lowest BCUT2D eigenvalue weighted by molar-refractivity contribution is 0.630. The van der Waals surface area contributed by atoms with Crippen LogP contribution in [0.25, 0.3) is 0 Å². The van der Waals surface area contributed by atoms with E-state index in [-0.39, 0.29) is 0 Å². The highest BCUT2D eigenvalue weighted by atomic mass is 79.9. The van der Waals surface area contributed by atoms with Crippen LogP contribution in [0.4, 0.5) is 0 Å². The Morgan fingerprint density at radius 3 is 2.53 bits per heavy atom. The molecule has 1 N–H and O–H groups in total. The van der Waals surface area contributed by atoms with E-state index in [0.717, 1.165) is 13.1 Å². The Kier molecular flexibility index (Phi) is 5.96. The minimum absolute atomic E-state index is 0.656. The summed E-state index contributed by atoms with van der Waals surface area (Å²) in [5, 5.41) is 3.46. The number of hydrogen-bond donors (Lipinski definition) is 1. The fourth-order valence-electron chi connectivity index (χ4n) is 1.40. The van der Waals surface area contributed by atoms with Crippen molar-refractivity contribution in [2.45, 2.75) is 38.1 Å². The van der Waals surface area contributed by atoms with Gasteiger partial charge >= 0.3 is 0 Å². The lowest BCUT2D eigenvalue weighted by Crippen LogP contribution is -2.17. The van der Waals surface area contributed by atoms with Crippen molar-refractivity contribution in [2.24, 2.45) is 0 Å². The van der Waals surface area contributed by atoms with Crippen LogP contribution < -0.4 is 5.32 Å². The Morgan fingerprint density at radius 2 is 1.93 bits per heavy atom. The lowest BCUT2D eigenvalue weighted by atomic mass is 10.1. The second kappa shape index (κ2) is 7.02. The molecule has 1 aromatic rings. The van der Waals surface area contributed by atoms with Gasteiger partial charge in [-0.15, -0.1) is 0 Å². The highest BCUT2D eigenvalue weighted by Crippen LogP contribution is 2.08. The minimum Gasteiger partial charge on any atom is -0.313 e. The summed E-state index contributed by atoms with van der Waals surface area (Å²) < 4.78 is 0. The third-order valence-electron chi connectivity index (χ3n) is 2.53. The molecule has 0 aliphatic carbocycles. The van der Waals surface area contributed by atoms with Gasteiger partial charge in [0.05, 0.1) is 0 Å². The Hall–Kier alpha value is -0.340. The Balaban J connectivity index is 2.17. The van der Waals surface area contributed by atoms with Crippen molar-refractivity contribution in [1.82, 2.24) is 5.32 Å². The maximum absolute atomic E-state index is 3.63. The zero-order chi connectivity index (χ0) is 11.1. The average molecular weight is 270 g/mol. The topological polar surface area (TPSA) is 12.0 Å². The summed E-state index contributed by atoms with van der Waals surface area (Å²) in [5.41, 5.74) is 2.69. The Bertz CT molecular complexity index is 268. The summed E-state index contributed by atoms with van der Waals surface area (Å²) in [5.74, 6) is 0. The van der Waals surface area contributed by atoms with Crippen molar-refractivity contribution in [2.75, 3.05) is 6.54 Å². The predicted octanol–water partition coefficient (Wildman–Crippen LogP) is 3.65. The summed E-state index contributed by atoms with van der Waals surface area (Å²) in [6.07, 6.45) is 2.40. The summed E-state index contributed by atoms with van der Waals surface area (Å²) in [6.45, 7) is 6.38. The van der Waals surface area contributed by atoms with Gasteiger partial charge < -0.3 is 5.32 Å². The number of alkyl halides is 1. The van der Waals surface area contributed by atoms with E-state index in [1.807, 2.05) is 0 Å². The fraction of sp³-hybridized carbons (Fsp3) is 0.538. The molecule has 1 aromatic carbocycles. The van der Waals surface area contributed by atoms with Crippen molar-refractivity contribution < 1.29 is 0 Å². The van der Waals surface area contributed by atoms with E-state index in [1.54, 1.807) is 0 Å². The molecule has 0 radical (unpaired) electrons. The normalized spacial score (nSPS) is 12.7. The molecule has 0 bridgehead atoms. The molecule has 0 fully saturated rings. The molecule has 2 heteroatoms. The molecule has 0 spiro atoms. The SMILES string of the molecule is CCC(Br)CCNCc1ccc(C)cc1. The number of halogens is 1. The monoisotopic (exact) mass is 269 g/mol. The van der Waals surface area contributed by atoms with Crippen molar-refractivity contribution in [3.05, 3.63) is 35.4 Å². The van der Waals surface area contributed by atoms with Crippen molar-refractivity contribution in [3.63, 3.8) is 0 Å². The van der Waals surface area contributed by atoms with E-state index in [1.165, 1.54) is 24.0 Å². The zero-order valence-electron chi connectivity index (χ0n) is 9.59. The number of hydrogen-bond acceptors (Lipinski definition) is 1. The van der Waals surface area contributed by atoms with Gasteiger partial charge in [-0.05, 0) is 31.9 Å². The molecule has 0 aliphatic rings. The zero-order valence-corrected chi connectivity index (χ0v) is 11.2. The molecular formula is C13H20BrN. The number of nitrogens with one attached hydrogen (secondary N) is 1. The van der Waals surface area contributed by atoms with Crippen LogP contribution in [0, 0.1) is 6.92 Å². The largest absolute Gasteiger partial charge is 0.313 e.